The van der Waals surface area contributed by atoms with Gasteiger partial charge in [-0.3, -0.25) is 9.59 Å². The average molecular weight is 417 g/mol. The molecule has 1 atom stereocenters. The number of hydrogen-bond acceptors (Lipinski definition) is 5. The van der Waals surface area contributed by atoms with Gasteiger partial charge in [0, 0.05) is 31.0 Å². The first-order chi connectivity index (χ1) is 15.1. The number of Topliss-reactive ketones (excluding diaryl/α,β-unsaturated/α-hetero) is 1. The van der Waals surface area contributed by atoms with Crippen molar-refractivity contribution in [3.05, 3.63) is 90.0 Å². The Balaban J connectivity index is 1.72. The molecule has 1 aromatic heterocycles. The Kier molecular flexibility index (Phi) is 5.84. The van der Waals surface area contributed by atoms with Crippen molar-refractivity contribution in [2.75, 3.05) is 13.7 Å². The molecule has 158 valence electrons. The van der Waals surface area contributed by atoms with Gasteiger partial charge in [0.05, 0.1) is 25.1 Å². The number of rotatable bonds is 7. The van der Waals surface area contributed by atoms with Crippen molar-refractivity contribution in [2.24, 2.45) is 0 Å². The van der Waals surface area contributed by atoms with Crippen molar-refractivity contribution < 1.29 is 19.4 Å². The van der Waals surface area contributed by atoms with E-state index in [4.69, 9.17) is 4.74 Å². The maximum Gasteiger partial charge on any atom is 0.295 e. The predicted octanol–water partition coefficient (Wildman–Crippen LogP) is 3.40. The van der Waals surface area contributed by atoms with Crippen molar-refractivity contribution in [1.29, 1.82) is 0 Å². The van der Waals surface area contributed by atoms with Crippen LogP contribution >= 0.6 is 0 Å². The summed E-state index contributed by atoms with van der Waals surface area (Å²) >= 11 is 0. The van der Waals surface area contributed by atoms with Crippen LogP contribution in [-0.4, -0.2) is 44.9 Å². The molecule has 1 aliphatic rings. The highest BCUT2D eigenvalue weighted by Crippen LogP contribution is 2.39. The van der Waals surface area contributed by atoms with E-state index in [0.717, 1.165) is 5.56 Å². The zero-order chi connectivity index (χ0) is 21.8. The Morgan fingerprint density at radius 2 is 1.81 bits per heavy atom. The van der Waals surface area contributed by atoms with E-state index < -0.39 is 17.7 Å². The van der Waals surface area contributed by atoms with E-state index in [2.05, 4.69) is 4.98 Å². The molecule has 7 heteroatoms. The van der Waals surface area contributed by atoms with Crippen LogP contribution in [0, 0.1) is 0 Å². The molecular weight excluding hydrogens is 394 g/mol. The summed E-state index contributed by atoms with van der Waals surface area (Å²) in [5, 5.41) is 11.0. The SMILES string of the molecule is COc1ccc([C@@H]2/C(=C(\O)c3ccccc3)C(=O)C(=O)N2CCCn2ccnc2)cc1. The maximum absolute atomic E-state index is 13.0. The van der Waals surface area contributed by atoms with Crippen molar-refractivity contribution >= 4 is 17.4 Å². The second kappa shape index (κ2) is 8.87. The Bertz CT molecular complexity index is 1090. The summed E-state index contributed by atoms with van der Waals surface area (Å²) in [6, 6.07) is 15.3. The number of aromatic nitrogens is 2. The van der Waals surface area contributed by atoms with Gasteiger partial charge in [-0.05, 0) is 24.1 Å². The summed E-state index contributed by atoms with van der Waals surface area (Å²) in [5.41, 5.74) is 1.33. The second-order valence-corrected chi connectivity index (χ2v) is 7.29. The lowest BCUT2D eigenvalue weighted by molar-refractivity contribution is -0.139. The van der Waals surface area contributed by atoms with Gasteiger partial charge in [-0.25, -0.2) is 4.98 Å². The molecule has 0 saturated carbocycles. The number of aliphatic hydroxyl groups excluding tert-OH is 1. The molecular formula is C24H23N3O4. The zero-order valence-electron chi connectivity index (χ0n) is 17.1. The monoisotopic (exact) mass is 417 g/mol. The van der Waals surface area contributed by atoms with Crippen LogP contribution in [0.2, 0.25) is 0 Å². The van der Waals surface area contributed by atoms with Gasteiger partial charge in [0.15, 0.2) is 0 Å². The minimum atomic E-state index is -0.676. The molecule has 1 fully saturated rings. The summed E-state index contributed by atoms with van der Waals surface area (Å²) in [7, 11) is 1.58. The number of amides is 1. The second-order valence-electron chi connectivity index (χ2n) is 7.29. The summed E-state index contributed by atoms with van der Waals surface area (Å²) in [5.74, 6) is -0.783. The lowest BCUT2D eigenvalue weighted by Crippen LogP contribution is -2.31. The van der Waals surface area contributed by atoms with Gasteiger partial charge >= 0.3 is 0 Å². The molecule has 2 heterocycles. The molecule has 3 aromatic rings. The van der Waals surface area contributed by atoms with Crippen molar-refractivity contribution in [3.63, 3.8) is 0 Å². The van der Waals surface area contributed by atoms with Crippen molar-refractivity contribution in [1.82, 2.24) is 14.5 Å². The fourth-order valence-electron chi connectivity index (χ4n) is 3.84. The van der Waals surface area contributed by atoms with E-state index in [1.807, 2.05) is 29.0 Å². The van der Waals surface area contributed by atoms with Crippen molar-refractivity contribution in [2.45, 2.75) is 19.0 Å². The third kappa shape index (κ3) is 4.07. The highest BCUT2D eigenvalue weighted by molar-refractivity contribution is 6.46. The van der Waals surface area contributed by atoms with Gasteiger partial charge in [0.25, 0.3) is 11.7 Å². The van der Waals surface area contributed by atoms with Crippen LogP contribution in [0.3, 0.4) is 0 Å². The number of methoxy groups -OCH3 is 1. The molecule has 0 bridgehead atoms. The summed E-state index contributed by atoms with van der Waals surface area (Å²) < 4.78 is 7.15. The highest BCUT2D eigenvalue weighted by atomic mass is 16.5. The van der Waals surface area contributed by atoms with Crippen LogP contribution in [-0.2, 0) is 16.1 Å². The van der Waals surface area contributed by atoms with E-state index in [1.54, 1.807) is 56.0 Å². The normalized spacial score (nSPS) is 17.8. The van der Waals surface area contributed by atoms with Gasteiger partial charge in [0.1, 0.15) is 11.5 Å². The molecule has 1 N–H and O–H groups in total. The van der Waals surface area contributed by atoms with E-state index >= 15 is 0 Å². The van der Waals surface area contributed by atoms with Gasteiger partial charge in [0.2, 0.25) is 0 Å². The molecule has 2 aromatic carbocycles. The van der Waals surface area contributed by atoms with Gasteiger partial charge < -0.3 is 19.3 Å². The smallest absolute Gasteiger partial charge is 0.295 e. The van der Waals surface area contributed by atoms with Crippen LogP contribution in [0.1, 0.15) is 23.6 Å². The minimum absolute atomic E-state index is 0.101. The number of benzene rings is 2. The van der Waals surface area contributed by atoms with E-state index in [9.17, 15) is 14.7 Å². The molecule has 0 aliphatic carbocycles. The minimum Gasteiger partial charge on any atom is -0.507 e. The zero-order valence-corrected chi connectivity index (χ0v) is 17.1. The fourth-order valence-corrected chi connectivity index (χ4v) is 3.84. The first kappa shape index (κ1) is 20.4. The Hall–Kier alpha value is -3.87. The Morgan fingerprint density at radius 1 is 1.06 bits per heavy atom. The van der Waals surface area contributed by atoms with Gasteiger partial charge in [-0.15, -0.1) is 0 Å². The van der Waals surface area contributed by atoms with Gasteiger partial charge in [-0.2, -0.15) is 0 Å². The number of carbonyl (C=O) groups excluding carboxylic acids is 2. The van der Waals surface area contributed by atoms with Gasteiger partial charge in [-0.1, -0.05) is 42.5 Å². The number of nitrogens with zero attached hydrogens (tertiary/aromatic N) is 3. The molecule has 1 amide bonds. The van der Waals surface area contributed by atoms with E-state index in [-0.39, 0.29) is 11.3 Å². The van der Waals surface area contributed by atoms with E-state index in [0.29, 0.717) is 30.8 Å². The van der Waals surface area contributed by atoms with E-state index in [1.165, 1.54) is 4.90 Å². The molecule has 1 saturated heterocycles. The van der Waals surface area contributed by atoms with Crippen LogP contribution < -0.4 is 4.74 Å². The van der Waals surface area contributed by atoms with Crippen LogP contribution in [0.4, 0.5) is 0 Å². The Morgan fingerprint density at radius 3 is 2.45 bits per heavy atom. The quantitative estimate of drug-likeness (QED) is 0.362. The summed E-state index contributed by atoms with van der Waals surface area (Å²) in [6.45, 7) is 1.03. The molecule has 7 nitrogen and oxygen atoms in total. The molecule has 0 spiro atoms. The number of hydrogen-bond donors (Lipinski definition) is 1. The standard InChI is InChI=1S/C24H23N3O4/c1-31-19-10-8-17(9-11-19)21-20(22(28)18-6-3-2-4-7-18)23(29)24(30)27(21)14-5-13-26-15-12-25-16-26/h2-4,6-12,15-16,21,28H,5,13-14H2,1H3/b22-20+/t21-/m1/s1. The lowest BCUT2D eigenvalue weighted by Gasteiger charge is -2.25. The molecule has 31 heavy (non-hydrogen) atoms. The number of carbonyl (C=O) groups is 2. The maximum atomic E-state index is 13.0. The third-order valence-corrected chi connectivity index (χ3v) is 5.39. The largest absolute Gasteiger partial charge is 0.507 e. The van der Waals surface area contributed by atoms with Crippen LogP contribution in [0.25, 0.3) is 5.76 Å². The lowest BCUT2D eigenvalue weighted by atomic mass is 9.95. The third-order valence-electron chi connectivity index (χ3n) is 5.39. The number of ketones is 1. The molecule has 0 radical (unpaired) electrons. The number of aliphatic hydroxyl groups is 1. The molecule has 0 unspecified atom stereocenters. The predicted molar refractivity (Wildman–Crippen MR) is 115 cm³/mol. The van der Waals surface area contributed by atoms with Crippen molar-refractivity contribution in [3.8, 4) is 5.75 Å². The Labute approximate surface area is 180 Å². The van der Waals surface area contributed by atoms with Crippen LogP contribution in [0.5, 0.6) is 5.75 Å². The number of aryl methyl sites for hydroxylation is 1. The molecule has 4 rings (SSSR count). The molecule has 1 aliphatic heterocycles. The topological polar surface area (TPSA) is 84.7 Å². The number of likely N-dealkylation sites (tertiary alicyclic amines) is 1. The highest BCUT2D eigenvalue weighted by Gasteiger charge is 2.45. The fraction of sp³-hybridized carbons (Fsp3) is 0.208. The summed E-state index contributed by atoms with van der Waals surface area (Å²) in [4.78, 5) is 31.5. The number of imidazole rings is 1. The average Bonchev–Trinajstić information content (AvgIpc) is 3.41. The first-order valence-electron chi connectivity index (χ1n) is 10.0. The number of ether oxygens (including phenoxy) is 1. The first-order valence-corrected chi connectivity index (χ1v) is 10.0. The van der Waals surface area contributed by atoms with Crippen LogP contribution in [0.15, 0.2) is 78.9 Å². The summed E-state index contributed by atoms with van der Waals surface area (Å²) in [6.07, 6.45) is 5.90.